The highest BCUT2D eigenvalue weighted by Crippen LogP contribution is 2.16. The molecule has 0 aliphatic heterocycles. The van der Waals surface area contributed by atoms with Crippen molar-refractivity contribution in [2.45, 2.75) is 19.5 Å². The van der Waals surface area contributed by atoms with Crippen molar-refractivity contribution in [3.05, 3.63) is 35.1 Å². The van der Waals surface area contributed by atoms with Gasteiger partial charge in [-0.2, -0.15) is 0 Å². The Kier molecular flexibility index (Phi) is 3.83. The maximum Gasteiger partial charge on any atom is 0.129 e. The molecule has 0 aromatic heterocycles. The number of hydrogen-bond donors (Lipinski definition) is 1. The lowest BCUT2D eigenvalue weighted by molar-refractivity contribution is 0.288. The van der Waals surface area contributed by atoms with Gasteiger partial charge in [0.25, 0.3) is 0 Å². The van der Waals surface area contributed by atoms with Crippen LogP contribution in [0, 0.1) is 5.82 Å². The van der Waals surface area contributed by atoms with Crippen LogP contribution in [0.4, 0.5) is 8.78 Å². The van der Waals surface area contributed by atoms with E-state index in [0.29, 0.717) is 18.4 Å². The van der Waals surface area contributed by atoms with Crippen molar-refractivity contribution < 1.29 is 13.9 Å². The van der Waals surface area contributed by atoms with Crippen molar-refractivity contribution in [2.24, 2.45) is 0 Å². The predicted molar refractivity (Wildman–Crippen MR) is 46.6 cm³/mol. The number of benzene rings is 1. The SMILES string of the molecule is OCCCc1cccc(F)c1CF. The minimum Gasteiger partial charge on any atom is -0.396 e. The van der Waals surface area contributed by atoms with Crippen molar-refractivity contribution in [3.63, 3.8) is 0 Å². The number of aryl methyl sites for hydroxylation is 1. The highest BCUT2D eigenvalue weighted by Gasteiger charge is 2.06. The number of hydrogen-bond acceptors (Lipinski definition) is 1. The summed E-state index contributed by atoms with van der Waals surface area (Å²) >= 11 is 0. The lowest BCUT2D eigenvalue weighted by Crippen LogP contribution is -1.97. The zero-order valence-electron chi connectivity index (χ0n) is 7.26. The van der Waals surface area contributed by atoms with Crippen LogP contribution < -0.4 is 0 Å². The second kappa shape index (κ2) is 4.92. The Bertz CT molecular complexity index is 274. The van der Waals surface area contributed by atoms with E-state index in [1.807, 2.05) is 0 Å². The van der Waals surface area contributed by atoms with E-state index < -0.39 is 12.5 Å². The van der Waals surface area contributed by atoms with Crippen LogP contribution >= 0.6 is 0 Å². The highest BCUT2D eigenvalue weighted by atomic mass is 19.1. The molecule has 0 fully saturated rings. The molecule has 72 valence electrons. The fraction of sp³-hybridized carbons (Fsp3) is 0.400. The minimum absolute atomic E-state index is 0.0439. The first-order valence-corrected chi connectivity index (χ1v) is 4.22. The Morgan fingerprint density at radius 1 is 1.31 bits per heavy atom. The van der Waals surface area contributed by atoms with Gasteiger partial charge in [0.1, 0.15) is 12.5 Å². The van der Waals surface area contributed by atoms with Gasteiger partial charge in [0.15, 0.2) is 0 Å². The van der Waals surface area contributed by atoms with Crippen molar-refractivity contribution in [1.82, 2.24) is 0 Å². The van der Waals surface area contributed by atoms with E-state index in [2.05, 4.69) is 0 Å². The molecule has 0 heterocycles. The molecule has 0 amide bonds. The summed E-state index contributed by atoms with van der Waals surface area (Å²) in [7, 11) is 0. The first-order valence-electron chi connectivity index (χ1n) is 4.22. The quantitative estimate of drug-likeness (QED) is 0.764. The molecule has 0 bridgehead atoms. The topological polar surface area (TPSA) is 20.2 Å². The van der Waals surface area contributed by atoms with Crippen LogP contribution in [0.15, 0.2) is 18.2 Å². The summed E-state index contributed by atoms with van der Waals surface area (Å²) in [6.07, 6.45) is 1.06. The second-order valence-corrected chi connectivity index (χ2v) is 2.84. The molecular formula is C10H12F2O. The van der Waals surface area contributed by atoms with Crippen LogP contribution in [0.2, 0.25) is 0 Å². The average molecular weight is 186 g/mol. The fourth-order valence-electron chi connectivity index (χ4n) is 1.26. The van der Waals surface area contributed by atoms with E-state index in [4.69, 9.17) is 5.11 Å². The number of halogens is 2. The van der Waals surface area contributed by atoms with Crippen LogP contribution in [0.1, 0.15) is 17.5 Å². The molecule has 1 aromatic rings. The molecular weight excluding hydrogens is 174 g/mol. The standard InChI is InChI=1S/C10H12F2O/c11-7-9-8(4-2-6-13)3-1-5-10(9)12/h1,3,5,13H,2,4,6-7H2. The van der Waals surface area contributed by atoms with E-state index in [1.165, 1.54) is 6.07 Å². The molecule has 0 spiro atoms. The summed E-state index contributed by atoms with van der Waals surface area (Å²) in [6.45, 7) is -0.740. The Morgan fingerprint density at radius 2 is 2.08 bits per heavy atom. The third-order valence-electron chi connectivity index (χ3n) is 1.95. The summed E-state index contributed by atoms with van der Waals surface area (Å²) in [5.41, 5.74) is 0.771. The molecule has 1 N–H and O–H groups in total. The van der Waals surface area contributed by atoms with Crippen molar-refractivity contribution in [1.29, 1.82) is 0 Å². The van der Waals surface area contributed by atoms with Crippen LogP contribution in [0.3, 0.4) is 0 Å². The van der Waals surface area contributed by atoms with Crippen LogP contribution in [0.25, 0.3) is 0 Å². The predicted octanol–water partition coefficient (Wildman–Crippen LogP) is 2.22. The summed E-state index contributed by atoms with van der Waals surface area (Å²) in [6, 6.07) is 4.49. The van der Waals surface area contributed by atoms with Crippen LogP contribution in [0.5, 0.6) is 0 Å². The zero-order valence-corrected chi connectivity index (χ0v) is 7.26. The monoisotopic (exact) mass is 186 g/mol. The maximum absolute atomic E-state index is 13.0. The lowest BCUT2D eigenvalue weighted by Gasteiger charge is -2.05. The summed E-state index contributed by atoms with van der Waals surface area (Å²) < 4.78 is 25.3. The van der Waals surface area contributed by atoms with Gasteiger partial charge in [0.2, 0.25) is 0 Å². The molecule has 0 saturated heterocycles. The van der Waals surface area contributed by atoms with E-state index >= 15 is 0 Å². The molecule has 0 radical (unpaired) electrons. The smallest absolute Gasteiger partial charge is 0.129 e. The molecule has 1 rings (SSSR count). The van der Waals surface area contributed by atoms with E-state index in [0.717, 1.165) is 0 Å². The third-order valence-corrected chi connectivity index (χ3v) is 1.95. The van der Waals surface area contributed by atoms with Gasteiger partial charge in [-0.05, 0) is 24.5 Å². The van der Waals surface area contributed by atoms with E-state index in [9.17, 15) is 8.78 Å². The number of aliphatic hydroxyl groups is 1. The van der Waals surface area contributed by atoms with Crippen molar-refractivity contribution >= 4 is 0 Å². The molecule has 0 atom stereocenters. The Labute approximate surface area is 76.0 Å². The molecule has 1 nitrogen and oxygen atoms in total. The number of alkyl halides is 1. The molecule has 13 heavy (non-hydrogen) atoms. The number of aliphatic hydroxyl groups excluding tert-OH is 1. The van der Waals surface area contributed by atoms with Gasteiger partial charge in [-0.15, -0.1) is 0 Å². The lowest BCUT2D eigenvalue weighted by atomic mass is 10.0. The Hall–Kier alpha value is -0.960. The third kappa shape index (κ3) is 2.49. The van der Waals surface area contributed by atoms with Gasteiger partial charge in [-0.1, -0.05) is 12.1 Å². The zero-order chi connectivity index (χ0) is 9.68. The maximum atomic E-state index is 13.0. The van der Waals surface area contributed by atoms with E-state index in [-0.39, 0.29) is 12.2 Å². The van der Waals surface area contributed by atoms with Gasteiger partial charge >= 0.3 is 0 Å². The Morgan fingerprint density at radius 3 is 2.69 bits per heavy atom. The molecule has 0 unspecified atom stereocenters. The molecule has 0 saturated carbocycles. The van der Waals surface area contributed by atoms with Gasteiger partial charge in [-0.3, -0.25) is 0 Å². The highest BCUT2D eigenvalue weighted by molar-refractivity contribution is 5.28. The largest absolute Gasteiger partial charge is 0.396 e. The van der Waals surface area contributed by atoms with Crippen molar-refractivity contribution in [3.8, 4) is 0 Å². The molecule has 1 aromatic carbocycles. The van der Waals surface area contributed by atoms with Gasteiger partial charge in [0, 0.05) is 12.2 Å². The van der Waals surface area contributed by atoms with E-state index in [1.54, 1.807) is 12.1 Å². The summed E-state index contributed by atoms with van der Waals surface area (Å²) in [4.78, 5) is 0. The van der Waals surface area contributed by atoms with Gasteiger partial charge in [-0.25, -0.2) is 8.78 Å². The first kappa shape index (κ1) is 10.1. The second-order valence-electron chi connectivity index (χ2n) is 2.84. The number of rotatable bonds is 4. The minimum atomic E-state index is -0.784. The molecule has 0 aliphatic carbocycles. The first-order chi connectivity index (χ1) is 6.29. The normalized spacial score (nSPS) is 10.4. The summed E-state index contributed by atoms with van der Waals surface area (Å²) in [5, 5.41) is 8.57. The van der Waals surface area contributed by atoms with Gasteiger partial charge < -0.3 is 5.11 Å². The van der Waals surface area contributed by atoms with Crippen LogP contribution in [-0.4, -0.2) is 11.7 Å². The van der Waals surface area contributed by atoms with Crippen molar-refractivity contribution in [2.75, 3.05) is 6.61 Å². The molecule has 3 heteroatoms. The van der Waals surface area contributed by atoms with Crippen LogP contribution in [-0.2, 0) is 13.1 Å². The summed E-state index contributed by atoms with van der Waals surface area (Å²) in [5.74, 6) is -0.502. The molecule has 0 aliphatic rings. The fourth-order valence-corrected chi connectivity index (χ4v) is 1.26. The average Bonchev–Trinajstić information content (AvgIpc) is 2.15. The Balaban J connectivity index is 2.85. The van der Waals surface area contributed by atoms with Gasteiger partial charge in [0.05, 0.1) is 0 Å².